The molecule has 0 aromatic heterocycles. The second-order valence-electron chi connectivity index (χ2n) is 6.93. The van der Waals surface area contributed by atoms with Gasteiger partial charge in [0.25, 0.3) is 0 Å². The lowest BCUT2D eigenvalue weighted by atomic mass is 9.88. The minimum atomic E-state index is -0.542. The van der Waals surface area contributed by atoms with Gasteiger partial charge in [-0.2, -0.15) is 0 Å². The summed E-state index contributed by atoms with van der Waals surface area (Å²) in [7, 11) is 0. The third-order valence-corrected chi connectivity index (χ3v) is 5.00. The Morgan fingerprint density at radius 2 is 1.84 bits per heavy atom. The van der Waals surface area contributed by atoms with E-state index in [1.165, 1.54) is 6.42 Å². The Labute approximate surface area is 150 Å². The quantitative estimate of drug-likeness (QED) is 0.676. The van der Waals surface area contributed by atoms with Gasteiger partial charge in [-0.3, -0.25) is 9.59 Å². The van der Waals surface area contributed by atoms with Gasteiger partial charge < -0.3 is 15.7 Å². The van der Waals surface area contributed by atoms with Crippen LogP contribution in [0.1, 0.15) is 56.9 Å². The molecule has 0 bridgehead atoms. The molecule has 1 aliphatic carbocycles. The van der Waals surface area contributed by atoms with Crippen molar-refractivity contribution in [1.29, 1.82) is 0 Å². The summed E-state index contributed by atoms with van der Waals surface area (Å²) in [5.74, 6) is -0.0628. The standard InChI is InChI=1S/C20H30N2O3/c1-15(22-20(25)17-10-6-3-7-11-17)19(24)21-14-18(12-13-23)16-8-4-2-5-9-16/h2,4-5,8-9,15,17-18,23H,3,6-7,10-14H2,1H3,(H,21,24)(H,22,25). The van der Waals surface area contributed by atoms with Gasteiger partial charge in [0, 0.05) is 25.0 Å². The highest BCUT2D eigenvalue weighted by Gasteiger charge is 2.24. The third kappa shape index (κ3) is 6.16. The number of amides is 2. The smallest absolute Gasteiger partial charge is 0.242 e. The Kier molecular flexibility index (Phi) is 7.92. The summed E-state index contributed by atoms with van der Waals surface area (Å²) in [5, 5.41) is 15.0. The van der Waals surface area contributed by atoms with Crippen molar-refractivity contribution in [1.82, 2.24) is 10.6 Å². The molecule has 0 aliphatic heterocycles. The van der Waals surface area contributed by atoms with Gasteiger partial charge in [-0.25, -0.2) is 0 Å². The molecule has 1 saturated carbocycles. The van der Waals surface area contributed by atoms with Crippen LogP contribution in [0.5, 0.6) is 0 Å². The molecule has 0 spiro atoms. The molecule has 0 heterocycles. The van der Waals surface area contributed by atoms with E-state index in [2.05, 4.69) is 10.6 Å². The lowest BCUT2D eigenvalue weighted by molar-refractivity contribution is -0.131. The van der Waals surface area contributed by atoms with Crippen molar-refractivity contribution in [2.45, 2.75) is 57.4 Å². The third-order valence-electron chi connectivity index (χ3n) is 5.00. The second-order valence-corrected chi connectivity index (χ2v) is 6.93. The summed E-state index contributed by atoms with van der Waals surface area (Å²) < 4.78 is 0. The molecule has 2 atom stereocenters. The van der Waals surface area contributed by atoms with Crippen LogP contribution in [0.2, 0.25) is 0 Å². The van der Waals surface area contributed by atoms with E-state index in [0.717, 1.165) is 31.2 Å². The Bertz CT molecular complexity index is 541. The molecule has 5 heteroatoms. The van der Waals surface area contributed by atoms with Crippen LogP contribution in [0, 0.1) is 5.92 Å². The fourth-order valence-corrected chi connectivity index (χ4v) is 3.41. The van der Waals surface area contributed by atoms with Crippen LogP contribution < -0.4 is 10.6 Å². The van der Waals surface area contributed by atoms with Gasteiger partial charge in [0.1, 0.15) is 6.04 Å². The summed E-state index contributed by atoms with van der Waals surface area (Å²) in [6.07, 6.45) is 5.83. The number of hydrogen-bond acceptors (Lipinski definition) is 3. The van der Waals surface area contributed by atoms with Crippen LogP contribution >= 0.6 is 0 Å². The van der Waals surface area contributed by atoms with Crippen molar-refractivity contribution in [2.75, 3.05) is 13.2 Å². The fourth-order valence-electron chi connectivity index (χ4n) is 3.41. The molecular formula is C20H30N2O3. The van der Waals surface area contributed by atoms with Crippen molar-refractivity contribution in [3.05, 3.63) is 35.9 Å². The molecule has 1 aliphatic rings. The molecule has 2 unspecified atom stereocenters. The van der Waals surface area contributed by atoms with Gasteiger partial charge in [-0.05, 0) is 31.7 Å². The molecule has 2 amide bonds. The van der Waals surface area contributed by atoms with E-state index in [-0.39, 0.29) is 30.3 Å². The summed E-state index contributed by atoms with van der Waals surface area (Å²) in [5.41, 5.74) is 1.09. The summed E-state index contributed by atoms with van der Waals surface area (Å²) >= 11 is 0. The van der Waals surface area contributed by atoms with Gasteiger partial charge in [0.2, 0.25) is 11.8 Å². The SMILES string of the molecule is CC(NC(=O)C1CCCCC1)C(=O)NCC(CCO)c1ccccc1. The molecule has 0 saturated heterocycles. The number of aliphatic hydroxyl groups excluding tert-OH is 1. The van der Waals surface area contributed by atoms with Crippen LogP contribution in [-0.4, -0.2) is 36.1 Å². The number of aliphatic hydroxyl groups is 1. The molecule has 1 aromatic carbocycles. The summed E-state index contributed by atoms with van der Waals surface area (Å²) in [6, 6.07) is 9.31. The molecule has 2 rings (SSSR count). The Morgan fingerprint density at radius 3 is 2.48 bits per heavy atom. The zero-order valence-corrected chi connectivity index (χ0v) is 15.0. The first-order chi connectivity index (χ1) is 12.1. The zero-order chi connectivity index (χ0) is 18.1. The molecule has 5 nitrogen and oxygen atoms in total. The minimum absolute atomic E-state index is 0.00248. The highest BCUT2D eigenvalue weighted by Crippen LogP contribution is 2.23. The lowest BCUT2D eigenvalue weighted by Gasteiger charge is -2.23. The summed E-state index contributed by atoms with van der Waals surface area (Å²) in [6.45, 7) is 2.25. The van der Waals surface area contributed by atoms with Crippen molar-refractivity contribution >= 4 is 11.8 Å². The zero-order valence-electron chi connectivity index (χ0n) is 15.0. The molecule has 1 aromatic rings. The minimum Gasteiger partial charge on any atom is -0.396 e. The predicted molar refractivity (Wildman–Crippen MR) is 98.1 cm³/mol. The van der Waals surface area contributed by atoms with E-state index in [1.54, 1.807) is 6.92 Å². The number of hydrogen-bond donors (Lipinski definition) is 3. The van der Waals surface area contributed by atoms with Gasteiger partial charge in [-0.1, -0.05) is 49.6 Å². The monoisotopic (exact) mass is 346 g/mol. The van der Waals surface area contributed by atoms with Crippen LogP contribution in [0.3, 0.4) is 0 Å². The maximum absolute atomic E-state index is 12.3. The van der Waals surface area contributed by atoms with Crippen LogP contribution in [0.25, 0.3) is 0 Å². The Hall–Kier alpha value is -1.88. The van der Waals surface area contributed by atoms with E-state index >= 15 is 0 Å². The van der Waals surface area contributed by atoms with Crippen molar-refractivity contribution in [2.24, 2.45) is 5.92 Å². The number of carbonyl (C=O) groups is 2. The lowest BCUT2D eigenvalue weighted by Crippen LogP contribution is -2.47. The molecule has 1 fully saturated rings. The topological polar surface area (TPSA) is 78.4 Å². The number of benzene rings is 1. The van der Waals surface area contributed by atoms with E-state index in [9.17, 15) is 14.7 Å². The van der Waals surface area contributed by atoms with Crippen LogP contribution in [0.15, 0.2) is 30.3 Å². The molecule has 138 valence electrons. The first kappa shape index (κ1) is 19.4. The molecule has 3 N–H and O–H groups in total. The fraction of sp³-hybridized carbons (Fsp3) is 0.600. The number of rotatable bonds is 8. The highest BCUT2D eigenvalue weighted by atomic mass is 16.3. The van der Waals surface area contributed by atoms with E-state index < -0.39 is 6.04 Å². The Balaban J connectivity index is 1.81. The van der Waals surface area contributed by atoms with Gasteiger partial charge in [0.15, 0.2) is 0 Å². The average molecular weight is 346 g/mol. The van der Waals surface area contributed by atoms with E-state index in [4.69, 9.17) is 0 Å². The van der Waals surface area contributed by atoms with Crippen molar-refractivity contribution < 1.29 is 14.7 Å². The van der Waals surface area contributed by atoms with Gasteiger partial charge in [0.05, 0.1) is 0 Å². The molecular weight excluding hydrogens is 316 g/mol. The van der Waals surface area contributed by atoms with Gasteiger partial charge >= 0.3 is 0 Å². The first-order valence-electron chi connectivity index (χ1n) is 9.35. The largest absolute Gasteiger partial charge is 0.396 e. The first-order valence-corrected chi connectivity index (χ1v) is 9.35. The van der Waals surface area contributed by atoms with Crippen molar-refractivity contribution in [3.8, 4) is 0 Å². The molecule has 25 heavy (non-hydrogen) atoms. The van der Waals surface area contributed by atoms with E-state index in [1.807, 2.05) is 30.3 Å². The summed E-state index contributed by atoms with van der Waals surface area (Å²) in [4.78, 5) is 24.6. The maximum atomic E-state index is 12.3. The predicted octanol–water partition coefficient (Wildman–Crippen LogP) is 2.35. The molecule has 0 radical (unpaired) electrons. The average Bonchev–Trinajstić information content (AvgIpc) is 2.66. The van der Waals surface area contributed by atoms with Crippen LogP contribution in [0.4, 0.5) is 0 Å². The van der Waals surface area contributed by atoms with E-state index in [0.29, 0.717) is 13.0 Å². The Morgan fingerprint density at radius 1 is 1.16 bits per heavy atom. The highest BCUT2D eigenvalue weighted by molar-refractivity contribution is 5.88. The maximum Gasteiger partial charge on any atom is 0.242 e. The van der Waals surface area contributed by atoms with Crippen molar-refractivity contribution in [3.63, 3.8) is 0 Å². The second kappa shape index (κ2) is 10.2. The number of carbonyl (C=O) groups excluding carboxylic acids is 2. The van der Waals surface area contributed by atoms with Crippen LogP contribution in [-0.2, 0) is 9.59 Å². The normalized spacial score (nSPS) is 17.5. The van der Waals surface area contributed by atoms with Gasteiger partial charge in [-0.15, -0.1) is 0 Å². The number of nitrogens with one attached hydrogen (secondary N) is 2.